The number of nitrogens with zero attached hydrogens (tertiary/aromatic N) is 3. The fourth-order valence-electron chi connectivity index (χ4n) is 2.67. The maximum Gasteiger partial charge on any atom is 0.269 e. The molecule has 24 heavy (non-hydrogen) atoms. The summed E-state index contributed by atoms with van der Waals surface area (Å²) in [5.74, 6) is 0.626. The van der Waals surface area contributed by atoms with E-state index in [1.807, 2.05) is 31.7 Å². The van der Waals surface area contributed by atoms with E-state index in [9.17, 15) is 9.90 Å². The number of aryl methyl sites for hydroxylation is 2. The Morgan fingerprint density at radius 3 is 2.83 bits per heavy atom. The maximum atomic E-state index is 12.3. The molecule has 0 radical (unpaired) electrons. The summed E-state index contributed by atoms with van der Waals surface area (Å²) >= 11 is 1.69. The highest BCUT2D eigenvalue weighted by Crippen LogP contribution is 2.25. The number of rotatable bonds is 8. The molecule has 1 amide bonds. The predicted molar refractivity (Wildman–Crippen MR) is 96.3 cm³/mol. The van der Waals surface area contributed by atoms with Gasteiger partial charge in [0, 0.05) is 17.8 Å². The molecule has 2 heterocycles. The number of aliphatic hydroxyl groups is 1. The van der Waals surface area contributed by atoms with Gasteiger partial charge in [0.15, 0.2) is 0 Å². The van der Waals surface area contributed by atoms with E-state index in [2.05, 4.69) is 20.6 Å². The van der Waals surface area contributed by atoms with Crippen LogP contribution in [0.1, 0.15) is 35.2 Å². The third-order valence-corrected chi connectivity index (χ3v) is 4.63. The quantitative estimate of drug-likeness (QED) is 0.673. The molecule has 0 spiro atoms. The van der Waals surface area contributed by atoms with Gasteiger partial charge in [0.25, 0.3) is 5.91 Å². The van der Waals surface area contributed by atoms with E-state index >= 15 is 0 Å². The molecule has 1 atom stereocenters. The first-order valence-electron chi connectivity index (χ1n) is 8.02. The first kappa shape index (κ1) is 18.5. The number of H-pyrrole nitrogens is 1. The van der Waals surface area contributed by atoms with Crippen molar-refractivity contribution in [3.63, 3.8) is 0 Å². The molecule has 8 heteroatoms. The minimum Gasteiger partial charge on any atom is -0.394 e. The molecule has 0 fully saturated rings. The van der Waals surface area contributed by atoms with Gasteiger partial charge in [-0.05, 0) is 45.3 Å². The summed E-state index contributed by atoms with van der Waals surface area (Å²) in [7, 11) is 0. The van der Waals surface area contributed by atoms with Gasteiger partial charge in [-0.2, -0.15) is 22.0 Å². The molecule has 0 aliphatic rings. The second kappa shape index (κ2) is 8.34. The van der Waals surface area contributed by atoms with Crippen molar-refractivity contribution in [1.82, 2.24) is 25.3 Å². The van der Waals surface area contributed by atoms with Crippen molar-refractivity contribution in [3.8, 4) is 11.3 Å². The number of hydrogen-bond donors (Lipinski definition) is 3. The lowest BCUT2D eigenvalue weighted by molar-refractivity contribution is 0.0910. The third-order valence-electron chi connectivity index (χ3n) is 3.99. The van der Waals surface area contributed by atoms with Crippen LogP contribution in [0.15, 0.2) is 6.07 Å². The molecule has 2 rings (SSSR count). The van der Waals surface area contributed by atoms with E-state index < -0.39 is 0 Å². The summed E-state index contributed by atoms with van der Waals surface area (Å²) in [6, 6.07) is 1.48. The third kappa shape index (κ3) is 3.99. The average molecular weight is 351 g/mol. The lowest BCUT2D eigenvalue weighted by atomic mass is 10.1. The van der Waals surface area contributed by atoms with E-state index in [-0.39, 0.29) is 18.6 Å². The minimum absolute atomic E-state index is 0.0746. The number of carbonyl (C=O) groups is 1. The van der Waals surface area contributed by atoms with Crippen molar-refractivity contribution < 1.29 is 9.90 Å². The van der Waals surface area contributed by atoms with Gasteiger partial charge in [0.1, 0.15) is 5.69 Å². The zero-order valence-electron chi connectivity index (χ0n) is 14.6. The second-order valence-electron chi connectivity index (χ2n) is 5.66. The Morgan fingerprint density at radius 2 is 2.25 bits per heavy atom. The van der Waals surface area contributed by atoms with Crippen molar-refractivity contribution >= 4 is 17.7 Å². The van der Waals surface area contributed by atoms with Crippen LogP contribution >= 0.6 is 11.8 Å². The Labute approximate surface area is 146 Å². The molecule has 0 saturated carbocycles. The summed E-state index contributed by atoms with van der Waals surface area (Å²) in [6.07, 6.45) is 2.73. The number of aromatic nitrogens is 4. The SMILES string of the molecule is CCn1nc(C)c(-c2cc(C(=O)N[C@@H](CO)CCSC)[nH]n2)c1C. The van der Waals surface area contributed by atoms with Crippen molar-refractivity contribution in [3.05, 3.63) is 23.1 Å². The van der Waals surface area contributed by atoms with Crippen molar-refractivity contribution in [2.75, 3.05) is 18.6 Å². The first-order chi connectivity index (χ1) is 11.5. The van der Waals surface area contributed by atoms with Crippen molar-refractivity contribution in [2.45, 2.75) is 39.8 Å². The molecule has 0 saturated heterocycles. The molecule has 132 valence electrons. The first-order valence-corrected chi connectivity index (χ1v) is 9.41. The minimum atomic E-state index is -0.257. The summed E-state index contributed by atoms with van der Waals surface area (Å²) in [4.78, 5) is 12.3. The Balaban J connectivity index is 2.15. The van der Waals surface area contributed by atoms with Crippen LogP contribution < -0.4 is 5.32 Å². The average Bonchev–Trinajstić information content (AvgIpc) is 3.15. The van der Waals surface area contributed by atoms with Gasteiger partial charge in [0.05, 0.1) is 24.0 Å². The highest BCUT2D eigenvalue weighted by molar-refractivity contribution is 7.98. The van der Waals surface area contributed by atoms with Gasteiger partial charge in [-0.3, -0.25) is 14.6 Å². The lowest BCUT2D eigenvalue weighted by Crippen LogP contribution is -2.38. The molecule has 3 N–H and O–H groups in total. The van der Waals surface area contributed by atoms with Crippen molar-refractivity contribution in [2.24, 2.45) is 0 Å². The fraction of sp³-hybridized carbons (Fsp3) is 0.562. The molecule has 2 aromatic rings. The Kier molecular flexibility index (Phi) is 6.44. The van der Waals surface area contributed by atoms with E-state index in [1.165, 1.54) is 0 Å². The summed E-state index contributed by atoms with van der Waals surface area (Å²) < 4.78 is 1.92. The fourth-order valence-corrected chi connectivity index (χ4v) is 3.19. The summed E-state index contributed by atoms with van der Waals surface area (Å²) in [5, 5.41) is 23.7. The molecule has 0 aliphatic carbocycles. The zero-order valence-corrected chi connectivity index (χ0v) is 15.4. The number of carbonyl (C=O) groups excluding carboxylic acids is 1. The molecule has 0 bridgehead atoms. The zero-order chi connectivity index (χ0) is 17.7. The maximum absolute atomic E-state index is 12.3. The molecule has 0 unspecified atom stereocenters. The van der Waals surface area contributed by atoms with Crippen molar-refractivity contribution in [1.29, 1.82) is 0 Å². The van der Waals surface area contributed by atoms with Gasteiger partial charge >= 0.3 is 0 Å². The van der Waals surface area contributed by atoms with Gasteiger partial charge in [-0.15, -0.1) is 0 Å². The summed E-state index contributed by atoms with van der Waals surface area (Å²) in [5.41, 5.74) is 3.96. The van der Waals surface area contributed by atoms with Gasteiger partial charge in [-0.25, -0.2) is 0 Å². The summed E-state index contributed by atoms with van der Waals surface area (Å²) in [6.45, 7) is 6.69. The standard InChI is InChI=1S/C16H25N5O2S/c1-5-21-11(3)15(10(2)20-21)13-8-14(19-18-13)16(23)17-12(9-22)6-7-24-4/h8,12,22H,5-7,9H2,1-4H3,(H,17,23)(H,18,19)/t12-/m1/s1. The highest BCUT2D eigenvalue weighted by Gasteiger charge is 2.19. The Hall–Kier alpha value is -1.80. The molecule has 0 aliphatic heterocycles. The van der Waals surface area contributed by atoms with Crippen LogP contribution in [0.25, 0.3) is 11.3 Å². The van der Waals surface area contributed by atoms with Crippen LogP contribution in [-0.2, 0) is 6.54 Å². The highest BCUT2D eigenvalue weighted by atomic mass is 32.2. The number of hydrogen-bond acceptors (Lipinski definition) is 5. The van der Waals surface area contributed by atoms with Crippen LogP contribution in [0.2, 0.25) is 0 Å². The van der Waals surface area contributed by atoms with Crippen LogP contribution in [0.4, 0.5) is 0 Å². The van der Waals surface area contributed by atoms with E-state index in [4.69, 9.17) is 0 Å². The van der Waals surface area contributed by atoms with Crippen LogP contribution in [0, 0.1) is 13.8 Å². The van der Waals surface area contributed by atoms with E-state index in [0.29, 0.717) is 11.4 Å². The van der Waals surface area contributed by atoms with Gasteiger partial charge in [-0.1, -0.05) is 0 Å². The van der Waals surface area contributed by atoms with Crippen LogP contribution in [0.3, 0.4) is 0 Å². The number of aliphatic hydroxyl groups excluding tert-OH is 1. The largest absolute Gasteiger partial charge is 0.394 e. The number of amides is 1. The number of aromatic amines is 1. The van der Waals surface area contributed by atoms with Crippen LogP contribution in [-0.4, -0.2) is 55.6 Å². The topological polar surface area (TPSA) is 95.8 Å². The Bertz CT molecular complexity index is 695. The molecular formula is C16H25N5O2S. The van der Waals surface area contributed by atoms with Gasteiger partial charge in [0.2, 0.25) is 0 Å². The van der Waals surface area contributed by atoms with Gasteiger partial charge < -0.3 is 10.4 Å². The smallest absolute Gasteiger partial charge is 0.269 e. The van der Waals surface area contributed by atoms with Crippen LogP contribution in [0.5, 0.6) is 0 Å². The normalized spacial score (nSPS) is 12.4. The Morgan fingerprint density at radius 1 is 1.50 bits per heavy atom. The number of nitrogens with one attached hydrogen (secondary N) is 2. The second-order valence-corrected chi connectivity index (χ2v) is 6.65. The van der Waals surface area contributed by atoms with E-state index in [0.717, 1.165) is 35.7 Å². The van der Waals surface area contributed by atoms with E-state index in [1.54, 1.807) is 17.8 Å². The number of thioether (sulfide) groups is 1. The molecule has 2 aromatic heterocycles. The molecule has 7 nitrogen and oxygen atoms in total. The monoisotopic (exact) mass is 351 g/mol. The molecular weight excluding hydrogens is 326 g/mol. The predicted octanol–water partition coefficient (Wildman–Crippen LogP) is 1.75. The lowest BCUT2D eigenvalue weighted by Gasteiger charge is -2.14. The molecule has 0 aromatic carbocycles.